The van der Waals surface area contributed by atoms with Crippen LogP contribution in [0.5, 0.6) is 0 Å². The van der Waals surface area contributed by atoms with E-state index in [9.17, 15) is 0 Å². The number of hydrogen-bond acceptors (Lipinski definition) is 4. The standard InChI is InChI=1S/C13H13N5/c1-9-3-5-11(6-4-9)16-12-7-10(2)15-13-17-14-8-18(12)13/h3-8,16H,1-2H3. The molecule has 0 aliphatic carbocycles. The summed E-state index contributed by atoms with van der Waals surface area (Å²) in [5.74, 6) is 1.51. The monoisotopic (exact) mass is 239 g/mol. The molecule has 5 nitrogen and oxygen atoms in total. The third kappa shape index (κ3) is 1.90. The highest BCUT2D eigenvalue weighted by molar-refractivity contribution is 5.59. The highest BCUT2D eigenvalue weighted by Crippen LogP contribution is 2.18. The number of fused-ring (bicyclic) bond motifs is 1. The molecule has 0 saturated heterocycles. The van der Waals surface area contributed by atoms with Gasteiger partial charge in [-0.3, -0.25) is 4.40 Å². The largest absolute Gasteiger partial charge is 0.341 e. The van der Waals surface area contributed by atoms with E-state index < -0.39 is 0 Å². The molecule has 0 aliphatic rings. The third-order valence-electron chi connectivity index (χ3n) is 2.74. The maximum absolute atomic E-state index is 4.30. The van der Waals surface area contributed by atoms with Gasteiger partial charge in [-0.25, -0.2) is 4.98 Å². The van der Waals surface area contributed by atoms with Gasteiger partial charge in [0.15, 0.2) is 0 Å². The molecule has 90 valence electrons. The van der Waals surface area contributed by atoms with Gasteiger partial charge in [-0.2, -0.15) is 0 Å². The predicted molar refractivity (Wildman–Crippen MR) is 70.0 cm³/mol. The van der Waals surface area contributed by atoms with Crippen molar-refractivity contribution in [2.45, 2.75) is 13.8 Å². The fraction of sp³-hybridized carbons (Fsp3) is 0.154. The van der Waals surface area contributed by atoms with Crippen LogP contribution in [0.4, 0.5) is 11.5 Å². The minimum absolute atomic E-state index is 0.601. The fourth-order valence-electron chi connectivity index (χ4n) is 1.81. The molecule has 0 amide bonds. The van der Waals surface area contributed by atoms with Gasteiger partial charge in [0.25, 0.3) is 5.78 Å². The smallest absolute Gasteiger partial charge is 0.256 e. The van der Waals surface area contributed by atoms with Crippen molar-refractivity contribution in [3.63, 3.8) is 0 Å². The Kier molecular flexibility index (Phi) is 2.44. The van der Waals surface area contributed by atoms with Crippen molar-refractivity contribution in [3.8, 4) is 0 Å². The van der Waals surface area contributed by atoms with Gasteiger partial charge in [0, 0.05) is 17.4 Å². The van der Waals surface area contributed by atoms with E-state index in [1.165, 1.54) is 5.56 Å². The molecule has 0 unspecified atom stereocenters. The number of hydrogen-bond donors (Lipinski definition) is 1. The number of aryl methyl sites for hydroxylation is 2. The maximum Gasteiger partial charge on any atom is 0.256 e. The molecule has 0 radical (unpaired) electrons. The number of benzene rings is 1. The molecular weight excluding hydrogens is 226 g/mol. The lowest BCUT2D eigenvalue weighted by molar-refractivity contribution is 1.07. The van der Waals surface area contributed by atoms with Crippen LogP contribution in [-0.2, 0) is 0 Å². The fourth-order valence-corrected chi connectivity index (χ4v) is 1.81. The molecule has 2 heterocycles. The van der Waals surface area contributed by atoms with Gasteiger partial charge in [-0.15, -0.1) is 10.2 Å². The summed E-state index contributed by atoms with van der Waals surface area (Å²) >= 11 is 0. The first-order chi connectivity index (χ1) is 8.72. The topological polar surface area (TPSA) is 55.1 Å². The van der Waals surface area contributed by atoms with Crippen molar-refractivity contribution in [3.05, 3.63) is 47.9 Å². The highest BCUT2D eigenvalue weighted by Gasteiger charge is 2.05. The van der Waals surface area contributed by atoms with Gasteiger partial charge < -0.3 is 5.32 Å². The summed E-state index contributed by atoms with van der Waals surface area (Å²) in [6.07, 6.45) is 1.65. The van der Waals surface area contributed by atoms with Crippen LogP contribution in [-0.4, -0.2) is 19.6 Å². The zero-order valence-electron chi connectivity index (χ0n) is 10.3. The van der Waals surface area contributed by atoms with Crippen molar-refractivity contribution in [1.29, 1.82) is 0 Å². The van der Waals surface area contributed by atoms with Crippen LogP contribution >= 0.6 is 0 Å². The Morgan fingerprint density at radius 2 is 1.89 bits per heavy atom. The van der Waals surface area contributed by atoms with Gasteiger partial charge >= 0.3 is 0 Å². The van der Waals surface area contributed by atoms with Gasteiger partial charge in [0.1, 0.15) is 12.1 Å². The van der Waals surface area contributed by atoms with Gasteiger partial charge in [-0.05, 0) is 26.0 Å². The van der Waals surface area contributed by atoms with Crippen molar-refractivity contribution in [1.82, 2.24) is 19.6 Å². The van der Waals surface area contributed by atoms with E-state index >= 15 is 0 Å². The van der Waals surface area contributed by atoms with Crippen LogP contribution in [0.25, 0.3) is 5.78 Å². The molecule has 5 heteroatoms. The van der Waals surface area contributed by atoms with Crippen LogP contribution in [0.3, 0.4) is 0 Å². The minimum Gasteiger partial charge on any atom is -0.341 e. The summed E-state index contributed by atoms with van der Waals surface area (Å²) in [5, 5.41) is 11.2. The molecule has 3 rings (SSSR count). The molecule has 18 heavy (non-hydrogen) atoms. The van der Waals surface area contributed by atoms with E-state index in [-0.39, 0.29) is 0 Å². The average Bonchev–Trinajstić information content (AvgIpc) is 2.80. The first-order valence-corrected chi connectivity index (χ1v) is 5.73. The average molecular weight is 239 g/mol. The van der Waals surface area contributed by atoms with E-state index in [4.69, 9.17) is 0 Å². The minimum atomic E-state index is 0.601. The van der Waals surface area contributed by atoms with Crippen molar-refractivity contribution in [2.75, 3.05) is 5.32 Å². The lowest BCUT2D eigenvalue weighted by Gasteiger charge is -2.09. The van der Waals surface area contributed by atoms with Gasteiger partial charge in [0.05, 0.1) is 0 Å². The number of nitrogens with one attached hydrogen (secondary N) is 1. The SMILES string of the molecule is Cc1ccc(Nc2cc(C)nc3nncn23)cc1. The first-order valence-electron chi connectivity index (χ1n) is 5.73. The third-order valence-corrected chi connectivity index (χ3v) is 2.74. The Morgan fingerprint density at radius 1 is 1.11 bits per heavy atom. The molecule has 3 aromatic rings. The second-order valence-corrected chi connectivity index (χ2v) is 4.27. The second-order valence-electron chi connectivity index (χ2n) is 4.27. The van der Waals surface area contributed by atoms with E-state index in [1.54, 1.807) is 6.33 Å². The maximum atomic E-state index is 4.30. The summed E-state index contributed by atoms with van der Waals surface area (Å²) in [7, 11) is 0. The van der Waals surface area contributed by atoms with Crippen molar-refractivity contribution in [2.24, 2.45) is 0 Å². The van der Waals surface area contributed by atoms with Crippen LogP contribution in [0.1, 0.15) is 11.3 Å². The van der Waals surface area contributed by atoms with E-state index in [0.29, 0.717) is 5.78 Å². The first kappa shape index (κ1) is 10.7. The Bertz CT molecular complexity index is 684. The normalized spacial score (nSPS) is 10.8. The van der Waals surface area contributed by atoms with E-state index in [2.05, 4.69) is 39.6 Å². The van der Waals surface area contributed by atoms with E-state index in [0.717, 1.165) is 17.2 Å². The summed E-state index contributed by atoms with van der Waals surface area (Å²) in [6.45, 7) is 4.01. The second kappa shape index (κ2) is 4.10. The summed E-state index contributed by atoms with van der Waals surface area (Å²) in [5.41, 5.74) is 3.17. The van der Waals surface area contributed by atoms with Crippen molar-refractivity contribution < 1.29 is 0 Å². The Hall–Kier alpha value is -2.43. The Labute approximate surface area is 105 Å². The molecule has 0 atom stereocenters. The van der Waals surface area contributed by atoms with Crippen LogP contribution in [0.2, 0.25) is 0 Å². The molecule has 0 saturated carbocycles. The molecular formula is C13H13N5. The molecule has 0 spiro atoms. The van der Waals surface area contributed by atoms with Crippen LogP contribution in [0, 0.1) is 13.8 Å². The molecule has 1 N–H and O–H groups in total. The highest BCUT2D eigenvalue weighted by atomic mass is 15.3. The molecule has 1 aromatic carbocycles. The number of nitrogens with zero attached hydrogens (tertiary/aromatic N) is 4. The quantitative estimate of drug-likeness (QED) is 0.746. The van der Waals surface area contributed by atoms with Gasteiger partial charge in [0.2, 0.25) is 0 Å². The molecule has 2 aromatic heterocycles. The Balaban J connectivity index is 2.03. The Morgan fingerprint density at radius 3 is 2.67 bits per heavy atom. The zero-order valence-corrected chi connectivity index (χ0v) is 10.3. The summed E-state index contributed by atoms with van der Waals surface area (Å²) < 4.78 is 1.83. The lowest BCUT2D eigenvalue weighted by atomic mass is 10.2. The lowest BCUT2D eigenvalue weighted by Crippen LogP contribution is -2.00. The number of anilines is 2. The van der Waals surface area contributed by atoms with Gasteiger partial charge in [-0.1, -0.05) is 17.7 Å². The molecule has 0 fully saturated rings. The summed E-state index contributed by atoms with van der Waals surface area (Å²) in [6, 6.07) is 10.2. The summed E-state index contributed by atoms with van der Waals surface area (Å²) in [4.78, 5) is 4.30. The van der Waals surface area contributed by atoms with E-state index in [1.807, 2.05) is 29.5 Å². The molecule has 0 bridgehead atoms. The number of rotatable bonds is 2. The predicted octanol–water partition coefficient (Wildman–Crippen LogP) is 2.48. The zero-order chi connectivity index (χ0) is 12.5. The molecule has 0 aliphatic heterocycles. The van der Waals surface area contributed by atoms with Crippen LogP contribution < -0.4 is 5.32 Å². The van der Waals surface area contributed by atoms with Crippen molar-refractivity contribution >= 4 is 17.3 Å². The van der Waals surface area contributed by atoms with Crippen LogP contribution in [0.15, 0.2) is 36.7 Å². The number of aromatic nitrogens is 4.